The number of thiophene rings is 1. The zero-order valence-corrected chi connectivity index (χ0v) is 13.7. The fraction of sp³-hybridized carbons (Fsp3) is 0.294. The van der Waals surface area contributed by atoms with E-state index < -0.39 is 0 Å². The fourth-order valence-corrected chi connectivity index (χ4v) is 4.81. The van der Waals surface area contributed by atoms with Crippen LogP contribution in [0.2, 0.25) is 0 Å². The summed E-state index contributed by atoms with van der Waals surface area (Å²) in [6, 6.07) is 12.4. The van der Waals surface area contributed by atoms with Crippen LogP contribution in [0.5, 0.6) is 0 Å². The van der Waals surface area contributed by atoms with Crippen LogP contribution in [-0.4, -0.2) is 16.9 Å². The van der Waals surface area contributed by atoms with Gasteiger partial charge in [-0.05, 0) is 37.1 Å². The lowest BCUT2D eigenvalue weighted by atomic mass is 10.2. The zero-order chi connectivity index (χ0) is 14.9. The van der Waals surface area contributed by atoms with E-state index >= 15 is 0 Å². The van der Waals surface area contributed by atoms with Gasteiger partial charge in [0, 0.05) is 6.04 Å². The first-order valence-corrected chi connectivity index (χ1v) is 9.19. The maximum absolute atomic E-state index is 12.3. The maximum Gasteiger partial charge on any atom is 0.261 e. The molecule has 0 atom stereocenters. The van der Waals surface area contributed by atoms with E-state index in [9.17, 15) is 4.79 Å². The second-order valence-electron chi connectivity index (χ2n) is 5.61. The molecule has 0 aliphatic heterocycles. The molecule has 0 spiro atoms. The average Bonchev–Trinajstić information content (AvgIpc) is 3.26. The van der Waals surface area contributed by atoms with Crippen LogP contribution in [0.3, 0.4) is 0 Å². The molecule has 3 aromatic rings. The number of amides is 1. The van der Waals surface area contributed by atoms with Crippen molar-refractivity contribution in [1.29, 1.82) is 0 Å². The summed E-state index contributed by atoms with van der Waals surface area (Å²) in [5, 5.41) is 4.13. The molecular formula is C17H16N2OS2. The van der Waals surface area contributed by atoms with Crippen molar-refractivity contribution in [2.45, 2.75) is 31.7 Å². The Hall–Kier alpha value is -1.72. The SMILES string of the molecule is O=C(NC1CCCC1)c1ccc(-c2nc3ccccc3s2)s1. The highest BCUT2D eigenvalue weighted by atomic mass is 32.1. The first kappa shape index (κ1) is 13.9. The van der Waals surface area contributed by atoms with Crippen LogP contribution in [0.4, 0.5) is 0 Å². The Balaban J connectivity index is 1.56. The van der Waals surface area contributed by atoms with E-state index in [2.05, 4.69) is 16.4 Å². The van der Waals surface area contributed by atoms with Gasteiger partial charge in [-0.2, -0.15) is 0 Å². The van der Waals surface area contributed by atoms with Crippen molar-refractivity contribution >= 4 is 38.8 Å². The second kappa shape index (κ2) is 5.82. The van der Waals surface area contributed by atoms with Crippen molar-refractivity contribution in [3.8, 4) is 9.88 Å². The van der Waals surface area contributed by atoms with Crippen molar-refractivity contribution in [1.82, 2.24) is 10.3 Å². The van der Waals surface area contributed by atoms with Crippen molar-refractivity contribution in [2.24, 2.45) is 0 Å². The summed E-state index contributed by atoms with van der Waals surface area (Å²) in [6.07, 6.45) is 4.68. The predicted molar refractivity (Wildman–Crippen MR) is 92.7 cm³/mol. The number of para-hydroxylation sites is 1. The molecule has 22 heavy (non-hydrogen) atoms. The van der Waals surface area contributed by atoms with Gasteiger partial charge in [-0.1, -0.05) is 25.0 Å². The molecule has 1 aliphatic rings. The fourth-order valence-electron chi connectivity index (χ4n) is 2.88. The van der Waals surface area contributed by atoms with E-state index in [4.69, 9.17) is 0 Å². The summed E-state index contributed by atoms with van der Waals surface area (Å²) in [5.41, 5.74) is 1.02. The molecule has 1 fully saturated rings. The summed E-state index contributed by atoms with van der Waals surface area (Å²) in [7, 11) is 0. The van der Waals surface area contributed by atoms with Gasteiger partial charge in [0.15, 0.2) is 0 Å². The average molecular weight is 328 g/mol. The number of carbonyl (C=O) groups excluding carboxylic acids is 1. The monoisotopic (exact) mass is 328 g/mol. The number of nitrogens with one attached hydrogen (secondary N) is 1. The largest absolute Gasteiger partial charge is 0.349 e. The minimum Gasteiger partial charge on any atom is -0.349 e. The molecule has 1 aromatic carbocycles. The lowest BCUT2D eigenvalue weighted by molar-refractivity contribution is 0.0942. The second-order valence-corrected chi connectivity index (χ2v) is 7.72. The Labute approximate surface area is 137 Å². The van der Waals surface area contributed by atoms with Gasteiger partial charge in [-0.15, -0.1) is 22.7 Å². The van der Waals surface area contributed by atoms with Gasteiger partial charge in [-0.25, -0.2) is 4.98 Å². The molecule has 2 heterocycles. The van der Waals surface area contributed by atoms with Gasteiger partial charge < -0.3 is 5.32 Å². The highest BCUT2D eigenvalue weighted by Crippen LogP contribution is 2.34. The van der Waals surface area contributed by atoms with Gasteiger partial charge in [0.2, 0.25) is 0 Å². The molecule has 3 nitrogen and oxygen atoms in total. The Bertz CT molecular complexity index is 782. The first-order valence-electron chi connectivity index (χ1n) is 7.56. The molecule has 0 saturated heterocycles. The van der Waals surface area contributed by atoms with E-state index in [1.807, 2.05) is 30.3 Å². The van der Waals surface area contributed by atoms with Crippen molar-refractivity contribution in [3.63, 3.8) is 0 Å². The molecule has 0 unspecified atom stereocenters. The van der Waals surface area contributed by atoms with Crippen LogP contribution >= 0.6 is 22.7 Å². The van der Waals surface area contributed by atoms with E-state index in [0.717, 1.165) is 33.1 Å². The number of nitrogens with zero attached hydrogens (tertiary/aromatic N) is 1. The smallest absolute Gasteiger partial charge is 0.261 e. The quantitative estimate of drug-likeness (QED) is 0.757. The molecular weight excluding hydrogens is 312 g/mol. The van der Waals surface area contributed by atoms with Crippen molar-refractivity contribution in [2.75, 3.05) is 0 Å². The Morgan fingerprint density at radius 2 is 1.91 bits per heavy atom. The first-order chi connectivity index (χ1) is 10.8. The summed E-state index contributed by atoms with van der Waals surface area (Å²) in [4.78, 5) is 18.8. The van der Waals surface area contributed by atoms with Crippen LogP contribution in [0, 0.1) is 0 Å². The van der Waals surface area contributed by atoms with Crippen LogP contribution in [-0.2, 0) is 0 Å². The molecule has 0 bridgehead atoms. The third-order valence-electron chi connectivity index (χ3n) is 4.02. The number of hydrogen-bond donors (Lipinski definition) is 1. The number of benzene rings is 1. The van der Waals surface area contributed by atoms with Crippen LogP contribution in [0.25, 0.3) is 20.1 Å². The zero-order valence-electron chi connectivity index (χ0n) is 12.0. The number of rotatable bonds is 3. The topological polar surface area (TPSA) is 42.0 Å². The number of aromatic nitrogens is 1. The van der Waals surface area contributed by atoms with Crippen LogP contribution in [0.1, 0.15) is 35.4 Å². The lowest BCUT2D eigenvalue weighted by Gasteiger charge is -2.10. The molecule has 5 heteroatoms. The summed E-state index contributed by atoms with van der Waals surface area (Å²) < 4.78 is 1.18. The molecule has 2 aromatic heterocycles. The van der Waals surface area contributed by atoms with Gasteiger partial charge in [0.1, 0.15) is 5.01 Å². The lowest BCUT2D eigenvalue weighted by Crippen LogP contribution is -2.31. The predicted octanol–water partition coefficient (Wildman–Crippen LogP) is 4.70. The van der Waals surface area contributed by atoms with Gasteiger partial charge in [-0.3, -0.25) is 4.79 Å². The molecule has 1 aliphatic carbocycles. The molecule has 4 rings (SSSR count). The highest BCUT2D eigenvalue weighted by molar-refractivity contribution is 7.26. The number of hydrogen-bond acceptors (Lipinski definition) is 4. The van der Waals surface area contributed by atoms with E-state index in [-0.39, 0.29) is 5.91 Å². The summed E-state index contributed by atoms with van der Waals surface area (Å²) >= 11 is 3.20. The number of carbonyl (C=O) groups is 1. The van der Waals surface area contributed by atoms with Crippen LogP contribution < -0.4 is 5.32 Å². The third kappa shape index (κ3) is 2.66. The molecule has 1 N–H and O–H groups in total. The Morgan fingerprint density at radius 3 is 2.73 bits per heavy atom. The van der Waals surface area contributed by atoms with Crippen molar-refractivity contribution in [3.05, 3.63) is 41.3 Å². The molecule has 0 radical (unpaired) electrons. The molecule has 1 saturated carbocycles. The Morgan fingerprint density at radius 1 is 1.09 bits per heavy atom. The van der Waals surface area contributed by atoms with E-state index in [0.29, 0.717) is 6.04 Å². The Kier molecular flexibility index (Phi) is 3.68. The number of fused-ring (bicyclic) bond motifs is 1. The van der Waals surface area contributed by atoms with E-state index in [1.54, 1.807) is 11.3 Å². The highest BCUT2D eigenvalue weighted by Gasteiger charge is 2.19. The minimum atomic E-state index is 0.0595. The number of thiazole rings is 1. The van der Waals surface area contributed by atoms with Gasteiger partial charge in [0.25, 0.3) is 5.91 Å². The van der Waals surface area contributed by atoms with Crippen LogP contribution in [0.15, 0.2) is 36.4 Å². The minimum absolute atomic E-state index is 0.0595. The molecule has 112 valence electrons. The normalized spacial score (nSPS) is 15.5. The summed E-state index contributed by atoms with van der Waals surface area (Å²) in [6.45, 7) is 0. The van der Waals surface area contributed by atoms with Gasteiger partial charge >= 0.3 is 0 Å². The standard InChI is InChI=1S/C17H16N2OS2/c20-16(18-11-5-1-2-6-11)14-9-10-15(21-14)17-19-12-7-3-4-8-13(12)22-17/h3-4,7-11H,1-2,5-6H2,(H,18,20). The van der Waals surface area contributed by atoms with Gasteiger partial charge in [0.05, 0.1) is 20.0 Å². The van der Waals surface area contributed by atoms with Crippen molar-refractivity contribution < 1.29 is 4.79 Å². The summed E-state index contributed by atoms with van der Waals surface area (Å²) in [5.74, 6) is 0.0595. The third-order valence-corrected chi connectivity index (χ3v) is 6.31. The van der Waals surface area contributed by atoms with E-state index in [1.165, 1.54) is 28.9 Å². The maximum atomic E-state index is 12.3. The molecule has 1 amide bonds.